The van der Waals surface area contributed by atoms with Crippen LogP contribution < -0.4 is 37.8 Å². The second-order valence-corrected chi connectivity index (χ2v) is 11.4. The van der Waals surface area contributed by atoms with Crippen molar-refractivity contribution in [3.05, 3.63) is 103 Å². The fraction of sp³-hybridized carbons (Fsp3) is 0.154. The van der Waals surface area contributed by atoms with Gasteiger partial charge in [-0.25, -0.2) is 0 Å². The molecule has 1 aromatic heterocycles. The molecule has 6 heteroatoms. The van der Waals surface area contributed by atoms with Crippen molar-refractivity contribution in [3.8, 4) is 0 Å². The molecule has 0 N–H and O–H groups in total. The van der Waals surface area contributed by atoms with E-state index in [2.05, 4.69) is 78.0 Å². The van der Waals surface area contributed by atoms with Crippen LogP contribution in [0, 0.1) is 6.92 Å². The summed E-state index contributed by atoms with van der Waals surface area (Å²) in [5, 5.41) is 7.80. The molecule has 1 saturated heterocycles. The fourth-order valence-electron chi connectivity index (χ4n) is 4.71. The highest BCUT2D eigenvalue weighted by Crippen LogP contribution is 2.62. The topological polar surface area (TPSA) is 46.3 Å². The molecule has 32 heavy (non-hydrogen) atoms. The maximum atomic E-state index is 14.0. The van der Waals surface area contributed by atoms with E-state index in [0.717, 1.165) is 6.42 Å². The summed E-state index contributed by atoms with van der Waals surface area (Å²) in [4.78, 5) is 15.8. The molecule has 0 aliphatic carbocycles. The van der Waals surface area contributed by atoms with Crippen LogP contribution in [0.3, 0.4) is 0 Å². The molecule has 0 spiro atoms. The van der Waals surface area contributed by atoms with Crippen LogP contribution in [-0.4, -0.2) is 23.3 Å². The van der Waals surface area contributed by atoms with Gasteiger partial charge in [0.1, 0.15) is 28.9 Å². The lowest BCUT2D eigenvalue weighted by Gasteiger charge is -2.31. The zero-order valence-corrected chi connectivity index (χ0v) is 20.2. The van der Waals surface area contributed by atoms with E-state index in [4.69, 9.17) is 4.52 Å². The van der Waals surface area contributed by atoms with Crippen molar-refractivity contribution in [2.24, 2.45) is 0 Å². The van der Waals surface area contributed by atoms with Crippen molar-refractivity contribution >= 4 is 34.9 Å². The van der Waals surface area contributed by atoms with Gasteiger partial charge in [-0.3, -0.25) is 9.69 Å². The maximum absolute atomic E-state index is 14.0. The van der Waals surface area contributed by atoms with Gasteiger partial charge in [-0.1, -0.05) is 59.8 Å². The van der Waals surface area contributed by atoms with E-state index in [1.807, 2.05) is 31.2 Å². The molecular formula is C26H24BrN2O2P. The molecule has 4 nitrogen and oxygen atoms in total. The molecule has 1 unspecified atom stereocenters. The van der Waals surface area contributed by atoms with Crippen LogP contribution in [0.5, 0.6) is 0 Å². The lowest BCUT2D eigenvalue weighted by Crippen LogP contribution is -3.00. The van der Waals surface area contributed by atoms with E-state index in [1.54, 1.807) is 4.90 Å². The minimum Gasteiger partial charge on any atom is -1.00 e. The molecule has 1 atom stereocenters. The Morgan fingerprint density at radius 3 is 1.72 bits per heavy atom. The summed E-state index contributed by atoms with van der Waals surface area (Å²) in [5.41, 5.74) is -0.156. The number of carbonyl (C=O) groups excluding carboxylic acids is 1. The van der Waals surface area contributed by atoms with Crippen LogP contribution in [0.2, 0.25) is 0 Å². The fourth-order valence-corrected chi connectivity index (χ4v) is 9.58. The predicted octanol–water partition coefficient (Wildman–Crippen LogP) is 1.09. The highest BCUT2D eigenvalue weighted by Gasteiger charge is 2.59. The molecule has 0 bridgehead atoms. The second kappa shape index (κ2) is 9.40. The normalized spacial score (nSPS) is 16.1. The van der Waals surface area contributed by atoms with Gasteiger partial charge in [0.25, 0.3) is 5.91 Å². The molecule has 162 valence electrons. The molecule has 1 aliphatic rings. The van der Waals surface area contributed by atoms with Crippen molar-refractivity contribution in [2.75, 3.05) is 11.4 Å². The number of rotatable bonds is 5. The third-order valence-electron chi connectivity index (χ3n) is 6.03. The zero-order chi connectivity index (χ0) is 21.3. The lowest BCUT2D eigenvalue weighted by atomic mass is 10.3. The summed E-state index contributed by atoms with van der Waals surface area (Å²) in [5.74, 6) is 1.44. The number of carbonyl (C=O) groups is 1. The molecule has 4 aromatic rings. The minimum absolute atomic E-state index is 0. The van der Waals surface area contributed by atoms with Gasteiger partial charge >= 0.3 is 0 Å². The molecule has 1 fully saturated rings. The van der Waals surface area contributed by atoms with Crippen LogP contribution in [0.15, 0.2) is 102 Å². The number of anilines is 1. The van der Waals surface area contributed by atoms with Crippen molar-refractivity contribution in [1.82, 2.24) is 5.16 Å². The first-order valence-corrected chi connectivity index (χ1v) is 12.4. The molecule has 1 amide bonds. The van der Waals surface area contributed by atoms with E-state index in [0.29, 0.717) is 18.1 Å². The molecule has 2 heterocycles. The van der Waals surface area contributed by atoms with Gasteiger partial charge in [-0.05, 0) is 43.3 Å². The molecule has 3 aromatic carbocycles. The van der Waals surface area contributed by atoms with E-state index >= 15 is 0 Å². The van der Waals surface area contributed by atoms with E-state index in [1.165, 1.54) is 15.9 Å². The summed E-state index contributed by atoms with van der Waals surface area (Å²) in [6, 6.07) is 33.5. The molecule has 0 saturated carbocycles. The summed E-state index contributed by atoms with van der Waals surface area (Å²) >= 11 is 0. The van der Waals surface area contributed by atoms with Gasteiger partial charge in [-0.2, -0.15) is 0 Å². The summed E-state index contributed by atoms with van der Waals surface area (Å²) in [6.45, 7) is 2.49. The Morgan fingerprint density at radius 1 is 0.844 bits per heavy atom. The van der Waals surface area contributed by atoms with Gasteiger partial charge < -0.3 is 21.5 Å². The molecule has 1 aliphatic heterocycles. The zero-order valence-electron chi connectivity index (χ0n) is 17.8. The van der Waals surface area contributed by atoms with Crippen molar-refractivity contribution in [3.63, 3.8) is 0 Å². The SMILES string of the molecule is Cc1cc(N2CCC([P+](c3ccccc3)(c3ccccc3)c3ccccc3)C2=O)no1.[Br-]. The van der Waals surface area contributed by atoms with Gasteiger partial charge in [0.2, 0.25) is 0 Å². The summed E-state index contributed by atoms with van der Waals surface area (Å²) < 4.78 is 5.27. The third-order valence-corrected chi connectivity index (χ3v) is 10.8. The standard InChI is InChI=1S/C26H24N2O2P.BrH/c1-20-19-25(27-30-20)28-18-17-24(26(28)29)31(21-11-5-2-6-12-21,22-13-7-3-8-14-22)23-15-9-4-10-16-23;/h2-16,19,24H,17-18H2,1H3;1H/q+1;/p-1. The number of nitrogens with zero attached hydrogens (tertiary/aromatic N) is 2. The third kappa shape index (κ3) is 3.70. The lowest BCUT2D eigenvalue weighted by molar-refractivity contribution is -0.116. The average molecular weight is 507 g/mol. The summed E-state index contributed by atoms with van der Waals surface area (Å²) in [6.07, 6.45) is 0.775. The molecule has 5 rings (SSSR count). The van der Waals surface area contributed by atoms with Crippen LogP contribution in [0.1, 0.15) is 12.2 Å². The Morgan fingerprint density at radius 2 is 1.31 bits per heavy atom. The van der Waals surface area contributed by atoms with Crippen LogP contribution in [0.25, 0.3) is 0 Å². The number of amides is 1. The van der Waals surface area contributed by atoms with E-state index < -0.39 is 7.26 Å². The predicted molar refractivity (Wildman–Crippen MR) is 127 cm³/mol. The summed E-state index contributed by atoms with van der Waals surface area (Å²) in [7, 11) is -2.26. The first kappa shape index (κ1) is 22.4. The molecule has 0 radical (unpaired) electrons. The highest BCUT2D eigenvalue weighted by atomic mass is 79.9. The minimum atomic E-state index is -2.26. The number of hydrogen-bond acceptors (Lipinski definition) is 3. The smallest absolute Gasteiger partial charge is 0.270 e. The van der Waals surface area contributed by atoms with Crippen molar-refractivity contribution < 1.29 is 26.3 Å². The van der Waals surface area contributed by atoms with Crippen LogP contribution in [-0.2, 0) is 4.79 Å². The maximum Gasteiger partial charge on any atom is 0.270 e. The monoisotopic (exact) mass is 506 g/mol. The Kier molecular flexibility index (Phi) is 6.59. The quantitative estimate of drug-likeness (QED) is 0.380. The highest BCUT2D eigenvalue weighted by molar-refractivity contribution is 7.97. The van der Waals surface area contributed by atoms with E-state index in [-0.39, 0.29) is 28.5 Å². The second-order valence-electron chi connectivity index (χ2n) is 7.82. The first-order valence-electron chi connectivity index (χ1n) is 10.5. The van der Waals surface area contributed by atoms with E-state index in [9.17, 15) is 4.79 Å². The molecular weight excluding hydrogens is 483 g/mol. The average Bonchev–Trinajstić information content (AvgIpc) is 3.42. The van der Waals surface area contributed by atoms with Crippen molar-refractivity contribution in [1.29, 1.82) is 0 Å². The van der Waals surface area contributed by atoms with Gasteiger partial charge in [0.15, 0.2) is 11.5 Å². The number of aryl methyl sites for hydroxylation is 1. The number of aromatic nitrogens is 1. The largest absolute Gasteiger partial charge is 1.00 e. The number of benzene rings is 3. The Labute approximate surface area is 199 Å². The first-order chi connectivity index (χ1) is 15.2. The Bertz CT molecular complexity index is 1090. The van der Waals surface area contributed by atoms with Crippen molar-refractivity contribution in [2.45, 2.75) is 19.0 Å². The van der Waals surface area contributed by atoms with Crippen LogP contribution in [0.4, 0.5) is 5.82 Å². The van der Waals surface area contributed by atoms with Gasteiger partial charge in [0.05, 0.1) is 0 Å². The number of halogens is 1. The Balaban J connectivity index is 0.00000245. The Hall–Kier alpha value is -2.75. The van der Waals surface area contributed by atoms with Crippen LogP contribution >= 0.6 is 7.26 Å². The number of hydrogen-bond donors (Lipinski definition) is 0. The van der Waals surface area contributed by atoms with Gasteiger partial charge in [-0.15, -0.1) is 0 Å². The van der Waals surface area contributed by atoms with Gasteiger partial charge in [0, 0.05) is 19.0 Å².